The first-order valence-electron chi connectivity index (χ1n) is 19.6. The van der Waals surface area contributed by atoms with E-state index in [4.69, 9.17) is 14.4 Å². The molecule has 1 aliphatic heterocycles. The Morgan fingerprint density at radius 2 is 1.17 bits per heavy atom. The third-order valence-corrected chi connectivity index (χ3v) is 12.8. The van der Waals surface area contributed by atoms with Crippen molar-refractivity contribution in [1.82, 2.24) is 5.32 Å². The number of furan rings is 1. The molecule has 0 saturated heterocycles. The van der Waals surface area contributed by atoms with Gasteiger partial charge in [0.1, 0.15) is 23.2 Å². The van der Waals surface area contributed by atoms with Crippen LogP contribution in [0.1, 0.15) is 22.9 Å². The molecule has 1 unspecified atom stereocenters. The predicted octanol–water partition coefficient (Wildman–Crippen LogP) is 14.1. The smallest absolute Gasteiger partial charge is 0.159 e. The quantitative estimate of drug-likeness (QED) is 0.190. The van der Waals surface area contributed by atoms with Crippen LogP contribution in [0.15, 0.2) is 202 Å². The monoisotopic (exact) mass is 759 g/mol. The number of aliphatic imine (C=N–C) groups is 2. The molecule has 5 heteroatoms. The Bertz CT molecular complexity index is 3490. The van der Waals surface area contributed by atoms with Crippen LogP contribution in [-0.2, 0) is 0 Å². The van der Waals surface area contributed by atoms with Crippen molar-refractivity contribution in [3.05, 3.63) is 205 Å². The molecule has 0 fully saturated rings. The summed E-state index contributed by atoms with van der Waals surface area (Å²) in [4.78, 5) is 10.6. The van der Waals surface area contributed by atoms with Crippen LogP contribution < -0.4 is 5.32 Å². The molecule has 58 heavy (non-hydrogen) atoms. The van der Waals surface area contributed by atoms with Gasteiger partial charge in [-0.2, -0.15) is 0 Å². The third kappa shape index (κ3) is 5.28. The SMILES string of the molecule is c1ccc(-c2ccc(C3=NC(c4ccc5ccccc5c4)=NC(c4cccc5oc6c(-c7cc8c9ccccc9sc8c8ccccc78)cccc6c45)N3)cc2)cc1. The van der Waals surface area contributed by atoms with Gasteiger partial charge in [0.25, 0.3) is 0 Å². The number of rotatable bonds is 5. The maximum Gasteiger partial charge on any atom is 0.159 e. The molecule has 9 aromatic carbocycles. The second kappa shape index (κ2) is 13.1. The second-order valence-electron chi connectivity index (χ2n) is 14.9. The van der Waals surface area contributed by atoms with Gasteiger partial charge >= 0.3 is 0 Å². The predicted molar refractivity (Wildman–Crippen MR) is 244 cm³/mol. The number of nitrogens with zero attached hydrogens (tertiary/aromatic N) is 2. The zero-order valence-corrected chi connectivity index (χ0v) is 32.0. The first-order valence-corrected chi connectivity index (χ1v) is 20.4. The Morgan fingerprint density at radius 3 is 2.05 bits per heavy atom. The number of hydrogen-bond acceptors (Lipinski definition) is 5. The Labute approximate surface area is 338 Å². The molecular formula is C53H33N3OS. The number of para-hydroxylation sites is 1. The van der Waals surface area contributed by atoms with Gasteiger partial charge in [-0.15, -0.1) is 11.3 Å². The number of nitrogens with one attached hydrogen (secondary N) is 1. The molecule has 1 N–H and O–H groups in total. The minimum atomic E-state index is -0.426. The van der Waals surface area contributed by atoms with Crippen LogP contribution in [-0.4, -0.2) is 11.7 Å². The molecule has 0 amide bonds. The van der Waals surface area contributed by atoms with Crippen molar-refractivity contribution in [2.45, 2.75) is 6.17 Å². The highest BCUT2D eigenvalue weighted by Gasteiger charge is 2.26. The maximum atomic E-state index is 6.92. The molecule has 4 nitrogen and oxygen atoms in total. The van der Waals surface area contributed by atoms with Gasteiger partial charge in [-0.25, -0.2) is 9.98 Å². The molecule has 12 rings (SSSR count). The summed E-state index contributed by atoms with van der Waals surface area (Å²) in [6, 6.07) is 66.7. The highest BCUT2D eigenvalue weighted by molar-refractivity contribution is 7.26. The van der Waals surface area contributed by atoms with E-state index in [0.29, 0.717) is 5.84 Å². The molecule has 0 spiro atoms. The van der Waals surface area contributed by atoms with Gasteiger partial charge in [0.05, 0.1) is 0 Å². The van der Waals surface area contributed by atoms with E-state index in [-0.39, 0.29) is 0 Å². The lowest BCUT2D eigenvalue weighted by Gasteiger charge is -2.24. The van der Waals surface area contributed by atoms with E-state index in [9.17, 15) is 0 Å². The summed E-state index contributed by atoms with van der Waals surface area (Å²) in [6.07, 6.45) is -0.426. The van der Waals surface area contributed by atoms with Crippen molar-refractivity contribution in [2.24, 2.45) is 9.98 Å². The first-order chi connectivity index (χ1) is 28.7. The summed E-state index contributed by atoms with van der Waals surface area (Å²) in [5.74, 6) is 1.46. The number of thiophene rings is 1. The van der Waals surface area contributed by atoms with E-state index >= 15 is 0 Å². The molecule has 272 valence electrons. The molecule has 0 saturated carbocycles. The van der Waals surface area contributed by atoms with Gasteiger partial charge < -0.3 is 9.73 Å². The highest BCUT2D eigenvalue weighted by atomic mass is 32.1. The molecule has 2 aromatic heterocycles. The van der Waals surface area contributed by atoms with Crippen molar-refractivity contribution in [3.8, 4) is 22.3 Å². The summed E-state index contributed by atoms with van der Waals surface area (Å²) < 4.78 is 9.53. The summed E-state index contributed by atoms with van der Waals surface area (Å²) >= 11 is 1.86. The summed E-state index contributed by atoms with van der Waals surface area (Å²) in [7, 11) is 0. The molecule has 0 radical (unpaired) electrons. The fourth-order valence-corrected chi connectivity index (χ4v) is 9.97. The summed E-state index contributed by atoms with van der Waals surface area (Å²) in [5, 5.41) is 13.2. The Kier molecular flexibility index (Phi) is 7.43. The normalized spacial score (nSPS) is 14.4. The van der Waals surface area contributed by atoms with Gasteiger partial charge in [-0.1, -0.05) is 164 Å². The van der Waals surface area contributed by atoms with Crippen molar-refractivity contribution in [3.63, 3.8) is 0 Å². The van der Waals surface area contributed by atoms with E-state index in [1.165, 1.54) is 47.5 Å². The molecule has 1 atom stereocenters. The number of benzene rings is 9. The Morgan fingerprint density at radius 1 is 0.483 bits per heavy atom. The van der Waals surface area contributed by atoms with Crippen LogP contribution in [0, 0.1) is 0 Å². The van der Waals surface area contributed by atoms with Crippen LogP contribution in [0.4, 0.5) is 0 Å². The van der Waals surface area contributed by atoms with Gasteiger partial charge in [0, 0.05) is 58.6 Å². The molecular weight excluding hydrogens is 727 g/mol. The lowest BCUT2D eigenvalue weighted by molar-refractivity contribution is 0.663. The number of fused-ring (bicyclic) bond motifs is 9. The van der Waals surface area contributed by atoms with Crippen LogP contribution in [0.25, 0.3) is 85.9 Å². The van der Waals surface area contributed by atoms with Gasteiger partial charge in [-0.05, 0) is 57.1 Å². The van der Waals surface area contributed by atoms with Gasteiger partial charge in [-0.3, -0.25) is 0 Å². The fourth-order valence-electron chi connectivity index (χ4n) is 8.75. The van der Waals surface area contributed by atoms with Crippen molar-refractivity contribution in [1.29, 1.82) is 0 Å². The average molecular weight is 760 g/mol. The number of amidine groups is 2. The van der Waals surface area contributed by atoms with E-state index in [1.54, 1.807) is 0 Å². The molecule has 0 aliphatic carbocycles. The fraction of sp³-hybridized carbons (Fsp3) is 0.0189. The van der Waals surface area contributed by atoms with E-state index in [2.05, 4.69) is 187 Å². The topological polar surface area (TPSA) is 49.9 Å². The first kappa shape index (κ1) is 32.9. The molecule has 1 aliphatic rings. The zero-order valence-electron chi connectivity index (χ0n) is 31.2. The van der Waals surface area contributed by atoms with Gasteiger partial charge in [0.2, 0.25) is 0 Å². The summed E-state index contributed by atoms with van der Waals surface area (Å²) in [5.41, 5.74) is 9.27. The number of hydrogen-bond donors (Lipinski definition) is 1. The van der Waals surface area contributed by atoms with E-state index < -0.39 is 6.17 Å². The minimum Gasteiger partial charge on any atom is -0.455 e. The average Bonchev–Trinajstić information content (AvgIpc) is 3.88. The molecule has 11 aromatic rings. The van der Waals surface area contributed by atoms with E-state index in [0.717, 1.165) is 61.0 Å². The molecule has 0 bridgehead atoms. The van der Waals surface area contributed by atoms with E-state index in [1.807, 2.05) is 17.4 Å². The van der Waals surface area contributed by atoms with Crippen LogP contribution >= 0.6 is 11.3 Å². The van der Waals surface area contributed by atoms with Crippen molar-refractivity contribution >= 4 is 86.7 Å². The second-order valence-corrected chi connectivity index (χ2v) is 16.0. The standard InChI is InChI=1S/C53H33N3OS/c1-2-12-32(13-3-1)34-24-27-35(28-25-34)51-54-52(37-29-26-33-14-4-5-15-36(33)30-37)56-53(55-51)43-21-11-22-46-48(43)42-20-10-19-40(49(42)57-46)44-31-45-39-17-8-9-23-47(39)58-50(45)41-18-7-6-16-38(41)44/h1-31,53H,(H,54,55,56). The highest BCUT2D eigenvalue weighted by Crippen LogP contribution is 2.46. The van der Waals surface area contributed by atoms with Crippen molar-refractivity contribution < 1.29 is 4.42 Å². The van der Waals surface area contributed by atoms with Crippen LogP contribution in [0.3, 0.4) is 0 Å². The van der Waals surface area contributed by atoms with Gasteiger partial charge in [0.15, 0.2) is 5.84 Å². The lowest BCUT2D eigenvalue weighted by Crippen LogP contribution is -2.33. The third-order valence-electron chi connectivity index (χ3n) is 11.5. The summed E-state index contributed by atoms with van der Waals surface area (Å²) in [6.45, 7) is 0. The Hall–Kier alpha value is -7.34. The zero-order chi connectivity index (χ0) is 38.2. The Balaban J connectivity index is 1.03. The minimum absolute atomic E-state index is 0.426. The van der Waals surface area contributed by atoms with Crippen LogP contribution in [0.2, 0.25) is 0 Å². The lowest BCUT2D eigenvalue weighted by atomic mass is 9.94. The van der Waals surface area contributed by atoms with Crippen molar-refractivity contribution in [2.75, 3.05) is 0 Å². The largest absolute Gasteiger partial charge is 0.455 e. The van der Waals surface area contributed by atoms with Crippen LogP contribution in [0.5, 0.6) is 0 Å². The molecule has 3 heterocycles. The maximum absolute atomic E-state index is 6.92.